The molecule has 1 aliphatic carbocycles. The van der Waals surface area contributed by atoms with Crippen molar-refractivity contribution in [3.63, 3.8) is 0 Å². The topological polar surface area (TPSA) is 12.9 Å². The molecule has 0 amide bonds. The van der Waals surface area contributed by atoms with E-state index in [2.05, 4.69) is 4.98 Å². The van der Waals surface area contributed by atoms with Crippen LogP contribution >= 0.6 is 11.3 Å². The predicted octanol–water partition coefficient (Wildman–Crippen LogP) is 5.90. The minimum atomic E-state index is -5.53. The average Bonchev–Trinajstić information content (AvgIpc) is 2.87. The lowest BCUT2D eigenvalue weighted by molar-refractivity contribution is -0.254. The van der Waals surface area contributed by atoms with Crippen LogP contribution in [0.2, 0.25) is 0 Å². The maximum atomic E-state index is 14.5. The molecule has 3 rings (SSSR count). The van der Waals surface area contributed by atoms with Crippen LogP contribution in [0.25, 0.3) is 11.1 Å². The number of aromatic nitrogens is 1. The van der Waals surface area contributed by atoms with E-state index in [1.165, 1.54) is 39.0 Å². The Morgan fingerprint density at radius 2 is 1.40 bits per heavy atom. The second kappa shape index (κ2) is 5.33. The van der Waals surface area contributed by atoms with Gasteiger partial charge in [0.2, 0.25) is 0 Å². The fourth-order valence-electron chi connectivity index (χ4n) is 3.00. The smallest absolute Gasteiger partial charge is 0.246 e. The quantitative estimate of drug-likeness (QED) is 0.594. The van der Waals surface area contributed by atoms with Gasteiger partial charge in [-0.25, -0.2) is 4.98 Å². The van der Waals surface area contributed by atoms with Crippen LogP contribution in [-0.2, 0) is 0 Å². The fraction of sp³-hybridized carbons (Fsp3) is 0.353. The first-order valence-electron chi connectivity index (χ1n) is 7.32. The lowest BCUT2D eigenvalue weighted by Crippen LogP contribution is -2.48. The highest BCUT2D eigenvalue weighted by atomic mass is 32.1. The molecule has 0 spiro atoms. The summed E-state index contributed by atoms with van der Waals surface area (Å²) in [7, 11) is 0. The maximum Gasteiger partial charge on any atom is 0.380 e. The normalized spacial score (nSPS) is 21.0. The zero-order valence-electron chi connectivity index (χ0n) is 13.4. The summed E-state index contributed by atoms with van der Waals surface area (Å²) >= 11 is 0.704. The number of hydrogen-bond donors (Lipinski definition) is 0. The van der Waals surface area contributed by atoms with Crippen LogP contribution in [0.4, 0.5) is 26.3 Å². The Balaban J connectivity index is 2.46. The molecule has 134 valence electrons. The maximum absolute atomic E-state index is 14.5. The molecule has 0 aliphatic heterocycles. The number of thiazole rings is 1. The summed E-state index contributed by atoms with van der Waals surface area (Å²) in [6.45, 7) is 4.25. The molecule has 1 aromatic heterocycles. The molecular weight excluding hydrogens is 364 g/mol. The van der Waals surface area contributed by atoms with Crippen LogP contribution < -0.4 is 0 Å². The largest absolute Gasteiger partial charge is 0.380 e. The summed E-state index contributed by atoms with van der Waals surface area (Å²) in [6.07, 6.45) is 0. The van der Waals surface area contributed by atoms with Gasteiger partial charge in [-0.05, 0) is 31.9 Å². The number of rotatable bonds is 2. The van der Waals surface area contributed by atoms with E-state index in [9.17, 15) is 26.3 Å². The van der Waals surface area contributed by atoms with Crippen molar-refractivity contribution in [2.24, 2.45) is 0 Å². The zero-order chi connectivity index (χ0) is 18.8. The van der Waals surface area contributed by atoms with Crippen molar-refractivity contribution in [3.05, 3.63) is 51.0 Å². The van der Waals surface area contributed by atoms with Crippen LogP contribution in [0.1, 0.15) is 26.7 Å². The summed E-state index contributed by atoms with van der Waals surface area (Å²) < 4.78 is 86.2. The number of allylic oxidation sites excluding steroid dienone is 2. The summed E-state index contributed by atoms with van der Waals surface area (Å²) in [5.41, 5.74) is -2.74. The van der Waals surface area contributed by atoms with Gasteiger partial charge in [-0.2, -0.15) is 26.3 Å². The van der Waals surface area contributed by atoms with E-state index < -0.39 is 28.9 Å². The van der Waals surface area contributed by atoms with E-state index in [4.69, 9.17) is 0 Å². The predicted molar refractivity (Wildman–Crippen MR) is 84.4 cm³/mol. The lowest BCUT2D eigenvalue weighted by Gasteiger charge is -2.25. The molecule has 0 saturated carbocycles. The molecule has 0 fully saturated rings. The molecule has 0 unspecified atom stereocenters. The molecule has 1 aliphatic rings. The Kier molecular flexibility index (Phi) is 3.83. The highest BCUT2D eigenvalue weighted by molar-refractivity contribution is 7.13. The van der Waals surface area contributed by atoms with Gasteiger partial charge in [-0.15, -0.1) is 11.3 Å². The summed E-state index contributed by atoms with van der Waals surface area (Å²) in [4.78, 5) is 3.59. The molecule has 0 radical (unpaired) electrons. The Hall–Kier alpha value is -1.83. The number of aryl methyl sites for hydroxylation is 3. The molecule has 1 aromatic carbocycles. The van der Waals surface area contributed by atoms with Gasteiger partial charge in [0.15, 0.2) is 0 Å². The first kappa shape index (κ1) is 18.0. The van der Waals surface area contributed by atoms with Gasteiger partial charge >= 0.3 is 17.8 Å². The van der Waals surface area contributed by atoms with E-state index in [0.717, 1.165) is 6.07 Å². The van der Waals surface area contributed by atoms with Crippen molar-refractivity contribution in [3.8, 4) is 0 Å². The Morgan fingerprint density at radius 3 is 1.92 bits per heavy atom. The van der Waals surface area contributed by atoms with Gasteiger partial charge < -0.3 is 0 Å². The number of hydrogen-bond acceptors (Lipinski definition) is 2. The Labute approximate surface area is 144 Å². The van der Waals surface area contributed by atoms with E-state index in [0.29, 0.717) is 16.3 Å². The van der Waals surface area contributed by atoms with Crippen molar-refractivity contribution in [1.82, 2.24) is 4.98 Å². The molecule has 2 aromatic rings. The van der Waals surface area contributed by atoms with Crippen LogP contribution in [0.15, 0.2) is 24.3 Å². The van der Waals surface area contributed by atoms with E-state index in [-0.39, 0.29) is 21.7 Å². The third-order valence-corrected chi connectivity index (χ3v) is 5.30. The highest BCUT2D eigenvalue weighted by Gasteiger charge is 2.80. The molecule has 1 heterocycles. The van der Waals surface area contributed by atoms with Gasteiger partial charge in [-0.1, -0.05) is 24.3 Å². The van der Waals surface area contributed by atoms with Crippen molar-refractivity contribution in [1.29, 1.82) is 0 Å². The van der Waals surface area contributed by atoms with Gasteiger partial charge in [0.25, 0.3) is 0 Å². The lowest BCUT2D eigenvalue weighted by atomic mass is 9.94. The Bertz CT molecular complexity index is 881. The second-order valence-corrected chi connectivity index (χ2v) is 7.14. The van der Waals surface area contributed by atoms with Gasteiger partial charge in [0, 0.05) is 5.57 Å². The van der Waals surface area contributed by atoms with Crippen molar-refractivity contribution >= 4 is 22.5 Å². The van der Waals surface area contributed by atoms with Crippen LogP contribution in [0.3, 0.4) is 0 Å². The fourth-order valence-corrected chi connectivity index (χ4v) is 4.01. The zero-order valence-corrected chi connectivity index (χ0v) is 14.2. The highest BCUT2D eigenvalue weighted by Crippen LogP contribution is 2.65. The third-order valence-electron chi connectivity index (χ3n) is 4.21. The van der Waals surface area contributed by atoms with Crippen LogP contribution in [0, 0.1) is 20.8 Å². The minimum absolute atomic E-state index is 0.0248. The van der Waals surface area contributed by atoms with Crippen molar-refractivity contribution < 1.29 is 26.3 Å². The number of halogens is 6. The van der Waals surface area contributed by atoms with E-state index in [1.54, 1.807) is 0 Å². The first-order valence-corrected chi connectivity index (χ1v) is 8.13. The molecule has 0 N–H and O–H groups in total. The second-order valence-electron chi connectivity index (χ2n) is 5.94. The molecular formula is C17H13F6NS. The molecule has 0 saturated heterocycles. The van der Waals surface area contributed by atoms with Crippen LogP contribution in [0.5, 0.6) is 0 Å². The molecule has 1 nitrogen and oxygen atoms in total. The molecule has 8 heteroatoms. The summed E-state index contributed by atoms with van der Waals surface area (Å²) in [6, 6.07) is 5.43. The van der Waals surface area contributed by atoms with Gasteiger partial charge in [0.1, 0.15) is 0 Å². The van der Waals surface area contributed by atoms with Gasteiger partial charge in [0.05, 0.1) is 21.2 Å². The molecule has 0 atom stereocenters. The SMILES string of the molecule is Cc1nc(C)c(C2=C(c3ccccc3C)C(F)(F)C(F)(F)C2(F)F)s1. The Morgan fingerprint density at radius 1 is 0.840 bits per heavy atom. The summed E-state index contributed by atoms with van der Waals surface area (Å²) in [5.74, 6) is -15.6. The third kappa shape index (κ3) is 2.26. The van der Waals surface area contributed by atoms with Gasteiger partial charge in [-0.3, -0.25) is 0 Å². The number of benzene rings is 1. The standard InChI is InChI=1S/C17H13F6NS/c1-8-6-4-5-7-11(8)12-13(14-9(2)24-10(3)25-14)16(20,21)17(22,23)15(12,18)19/h4-7H,1-3H3. The first-order chi connectivity index (χ1) is 11.4. The number of alkyl halides is 6. The minimum Gasteiger partial charge on any atom is -0.246 e. The average molecular weight is 377 g/mol. The monoisotopic (exact) mass is 377 g/mol. The van der Waals surface area contributed by atoms with Crippen molar-refractivity contribution in [2.75, 3.05) is 0 Å². The van der Waals surface area contributed by atoms with E-state index >= 15 is 0 Å². The molecule has 0 bridgehead atoms. The van der Waals surface area contributed by atoms with Crippen LogP contribution in [-0.4, -0.2) is 22.8 Å². The number of nitrogens with zero attached hydrogens (tertiary/aromatic N) is 1. The van der Waals surface area contributed by atoms with Crippen molar-refractivity contribution in [2.45, 2.75) is 38.5 Å². The van der Waals surface area contributed by atoms with E-state index in [1.807, 2.05) is 0 Å². The summed E-state index contributed by atoms with van der Waals surface area (Å²) in [5, 5.41) is 0.332. The molecule has 25 heavy (non-hydrogen) atoms.